The van der Waals surface area contributed by atoms with Crippen molar-refractivity contribution in [1.82, 2.24) is 4.90 Å². The highest BCUT2D eigenvalue weighted by Gasteiger charge is 2.37. The van der Waals surface area contributed by atoms with Crippen molar-refractivity contribution in [1.29, 1.82) is 0 Å². The Bertz CT molecular complexity index is 556. The lowest BCUT2D eigenvalue weighted by Crippen LogP contribution is -2.38. The van der Waals surface area contributed by atoms with Crippen LogP contribution in [-0.2, 0) is 9.59 Å². The largest absolute Gasteiger partial charge is 0.342 e. The summed E-state index contributed by atoms with van der Waals surface area (Å²) in [7, 11) is 0. The van der Waals surface area contributed by atoms with E-state index in [2.05, 4.69) is 0 Å². The Kier molecular flexibility index (Phi) is 4.93. The maximum absolute atomic E-state index is 12.6. The third-order valence-electron chi connectivity index (χ3n) is 4.15. The molecule has 3 rings (SSSR count). The van der Waals surface area contributed by atoms with Crippen LogP contribution in [0, 0.1) is 5.92 Å². The minimum Gasteiger partial charge on any atom is -0.342 e. The summed E-state index contributed by atoms with van der Waals surface area (Å²) in [5.41, 5.74) is 0.816. The second-order valence-electron chi connectivity index (χ2n) is 5.67. The number of halogens is 1. The number of hydrogen-bond donors (Lipinski definition) is 0. The number of carbonyl (C=O) groups excluding carboxylic acids is 2. The number of nitrogens with zero attached hydrogens (tertiary/aromatic N) is 2. The molecule has 1 aromatic carbocycles. The Morgan fingerprint density at radius 2 is 1.95 bits per heavy atom. The SMILES string of the molecule is O=C(C1CC(=O)N(c2ccc(Cl)cc2)C1)N1CCCSCC1. The standard InChI is InChI=1S/C16H19ClN2O2S/c17-13-2-4-14(5-3-13)19-11-12(10-15(19)20)16(21)18-6-1-8-22-9-7-18/h2-5,12H,1,6-11H2. The van der Waals surface area contributed by atoms with Gasteiger partial charge in [0, 0.05) is 42.5 Å². The number of carbonyl (C=O) groups is 2. The molecule has 1 aromatic rings. The van der Waals surface area contributed by atoms with Crippen LogP contribution in [0.25, 0.3) is 0 Å². The average molecular weight is 339 g/mol. The smallest absolute Gasteiger partial charge is 0.228 e. The normalized spacial score (nSPS) is 22.8. The van der Waals surface area contributed by atoms with Crippen LogP contribution in [0.4, 0.5) is 5.69 Å². The fourth-order valence-electron chi connectivity index (χ4n) is 2.97. The molecule has 0 radical (unpaired) electrons. The third-order valence-corrected chi connectivity index (χ3v) is 5.45. The summed E-state index contributed by atoms with van der Waals surface area (Å²) in [5.74, 6) is 2.04. The summed E-state index contributed by atoms with van der Waals surface area (Å²) in [6.45, 7) is 2.09. The van der Waals surface area contributed by atoms with Gasteiger partial charge in [0.2, 0.25) is 11.8 Å². The van der Waals surface area contributed by atoms with Gasteiger partial charge in [0.05, 0.1) is 5.92 Å². The molecule has 4 nitrogen and oxygen atoms in total. The Balaban J connectivity index is 1.68. The zero-order valence-corrected chi connectivity index (χ0v) is 13.9. The molecule has 2 heterocycles. The van der Waals surface area contributed by atoms with Gasteiger partial charge in [-0.15, -0.1) is 0 Å². The number of amides is 2. The van der Waals surface area contributed by atoms with Crippen LogP contribution in [-0.4, -0.2) is 47.9 Å². The van der Waals surface area contributed by atoms with Gasteiger partial charge in [0.25, 0.3) is 0 Å². The molecule has 0 N–H and O–H groups in total. The van der Waals surface area contributed by atoms with E-state index in [1.165, 1.54) is 0 Å². The fourth-order valence-corrected chi connectivity index (χ4v) is 3.98. The maximum Gasteiger partial charge on any atom is 0.228 e. The van der Waals surface area contributed by atoms with Gasteiger partial charge in [0.15, 0.2) is 0 Å². The maximum atomic E-state index is 12.6. The van der Waals surface area contributed by atoms with E-state index in [9.17, 15) is 9.59 Å². The molecule has 0 bridgehead atoms. The Morgan fingerprint density at radius 1 is 1.18 bits per heavy atom. The van der Waals surface area contributed by atoms with Crippen LogP contribution in [0.1, 0.15) is 12.8 Å². The van der Waals surface area contributed by atoms with Crippen LogP contribution < -0.4 is 4.90 Å². The van der Waals surface area contributed by atoms with Crippen LogP contribution in [0.5, 0.6) is 0 Å². The molecule has 2 saturated heterocycles. The summed E-state index contributed by atoms with van der Waals surface area (Å²) in [6, 6.07) is 7.20. The van der Waals surface area contributed by atoms with E-state index in [4.69, 9.17) is 11.6 Å². The molecule has 2 aliphatic heterocycles. The van der Waals surface area contributed by atoms with E-state index in [0.717, 1.165) is 36.7 Å². The number of anilines is 1. The first-order chi connectivity index (χ1) is 10.6. The van der Waals surface area contributed by atoms with E-state index in [1.807, 2.05) is 28.8 Å². The molecule has 0 spiro atoms. The van der Waals surface area contributed by atoms with Crippen molar-refractivity contribution in [2.45, 2.75) is 12.8 Å². The Morgan fingerprint density at radius 3 is 2.73 bits per heavy atom. The van der Waals surface area contributed by atoms with Crippen molar-refractivity contribution in [3.05, 3.63) is 29.3 Å². The van der Waals surface area contributed by atoms with Gasteiger partial charge in [-0.05, 0) is 36.4 Å². The summed E-state index contributed by atoms with van der Waals surface area (Å²) >= 11 is 7.78. The summed E-state index contributed by atoms with van der Waals surface area (Å²) < 4.78 is 0. The van der Waals surface area contributed by atoms with Crippen molar-refractivity contribution < 1.29 is 9.59 Å². The van der Waals surface area contributed by atoms with Crippen molar-refractivity contribution in [2.75, 3.05) is 36.0 Å². The highest BCUT2D eigenvalue weighted by Crippen LogP contribution is 2.27. The van der Waals surface area contributed by atoms with Gasteiger partial charge in [0.1, 0.15) is 0 Å². The molecule has 2 amide bonds. The van der Waals surface area contributed by atoms with Crippen LogP contribution in [0.2, 0.25) is 5.02 Å². The third kappa shape index (κ3) is 3.41. The average Bonchev–Trinajstić information content (AvgIpc) is 2.74. The fraction of sp³-hybridized carbons (Fsp3) is 0.500. The molecule has 1 unspecified atom stereocenters. The lowest BCUT2D eigenvalue weighted by molar-refractivity contribution is -0.135. The summed E-state index contributed by atoms with van der Waals surface area (Å²) in [4.78, 5) is 28.5. The van der Waals surface area contributed by atoms with E-state index in [1.54, 1.807) is 17.0 Å². The van der Waals surface area contributed by atoms with Crippen molar-refractivity contribution in [2.24, 2.45) is 5.92 Å². The topological polar surface area (TPSA) is 40.6 Å². The first-order valence-corrected chi connectivity index (χ1v) is 9.11. The molecule has 0 aliphatic carbocycles. The number of benzene rings is 1. The van der Waals surface area contributed by atoms with Gasteiger partial charge in [-0.2, -0.15) is 11.8 Å². The van der Waals surface area contributed by atoms with Gasteiger partial charge in [-0.25, -0.2) is 0 Å². The van der Waals surface area contributed by atoms with Gasteiger partial charge < -0.3 is 9.80 Å². The van der Waals surface area contributed by atoms with Crippen LogP contribution >= 0.6 is 23.4 Å². The predicted molar refractivity (Wildman–Crippen MR) is 90.4 cm³/mol. The first kappa shape index (κ1) is 15.7. The molecule has 22 heavy (non-hydrogen) atoms. The van der Waals surface area contributed by atoms with E-state index >= 15 is 0 Å². The zero-order chi connectivity index (χ0) is 15.5. The van der Waals surface area contributed by atoms with Gasteiger partial charge in [-0.3, -0.25) is 9.59 Å². The first-order valence-electron chi connectivity index (χ1n) is 7.57. The van der Waals surface area contributed by atoms with Crippen LogP contribution in [0.3, 0.4) is 0 Å². The Labute approximate surface area is 139 Å². The number of thioether (sulfide) groups is 1. The predicted octanol–water partition coefficient (Wildman–Crippen LogP) is 2.66. The molecule has 0 saturated carbocycles. The van der Waals surface area contributed by atoms with Gasteiger partial charge in [-0.1, -0.05) is 11.6 Å². The van der Waals surface area contributed by atoms with Crippen molar-refractivity contribution >= 4 is 40.9 Å². The minimum absolute atomic E-state index is 0.0184. The zero-order valence-electron chi connectivity index (χ0n) is 12.3. The lowest BCUT2D eigenvalue weighted by atomic mass is 10.1. The van der Waals surface area contributed by atoms with Crippen molar-refractivity contribution in [3.8, 4) is 0 Å². The van der Waals surface area contributed by atoms with E-state index in [-0.39, 0.29) is 17.7 Å². The van der Waals surface area contributed by atoms with E-state index < -0.39 is 0 Å². The van der Waals surface area contributed by atoms with Crippen LogP contribution in [0.15, 0.2) is 24.3 Å². The molecular formula is C16H19ClN2O2S. The Hall–Kier alpha value is -1.20. The van der Waals surface area contributed by atoms with Gasteiger partial charge >= 0.3 is 0 Å². The molecule has 6 heteroatoms. The highest BCUT2D eigenvalue weighted by atomic mass is 35.5. The lowest BCUT2D eigenvalue weighted by Gasteiger charge is -2.23. The number of rotatable bonds is 2. The summed E-state index contributed by atoms with van der Waals surface area (Å²) in [5, 5.41) is 0.644. The quantitative estimate of drug-likeness (QED) is 0.832. The number of hydrogen-bond acceptors (Lipinski definition) is 3. The minimum atomic E-state index is -0.216. The summed E-state index contributed by atoms with van der Waals surface area (Å²) in [6.07, 6.45) is 1.35. The van der Waals surface area contributed by atoms with Crippen molar-refractivity contribution in [3.63, 3.8) is 0 Å². The second kappa shape index (κ2) is 6.92. The highest BCUT2D eigenvalue weighted by molar-refractivity contribution is 7.99. The molecule has 2 aliphatic rings. The molecule has 2 fully saturated rings. The molecule has 1 atom stereocenters. The molecule has 0 aromatic heterocycles. The van der Waals surface area contributed by atoms with E-state index in [0.29, 0.717) is 18.0 Å². The molecular weight excluding hydrogens is 320 g/mol. The second-order valence-corrected chi connectivity index (χ2v) is 7.33. The monoisotopic (exact) mass is 338 g/mol. The molecule has 118 valence electrons.